The largest absolute Gasteiger partial charge is 0.383 e. The van der Waals surface area contributed by atoms with Crippen LogP contribution in [0.3, 0.4) is 0 Å². The Hall–Kier alpha value is -5.35. The fourth-order valence-electron chi connectivity index (χ4n) is 7.15. The summed E-state index contributed by atoms with van der Waals surface area (Å²) in [6.45, 7) is 1.52. The van der Waals surface area contributed by atoms with Gasteiger partial charge in [-0.05, 0) is 54.2 Å². The van der Waals surface area contributed by atoms with Crippen molar-refractivity contribution in [2.75, 3.05) is 26.1 Å². The van der Waals surface area contributed by atoms with Crippen LogP contribution in [0.4, 0.5) is 5.82 Å². The number of hydrogen-bond donors (Lipinski definition) is 1. The lowest BCUT2D eigenvalue weighted by Crippen LogP contribution is -2.37. The highest BCUT2D eigenvalue weighted by Gasteiger charge is 2.38. The Morgan fingerprint density at radius 3 is 2.16 bits per heavy atom. The van der Waals surface area contributed by atoms with Crippen molar-refractivity contribution in [1.82, 2.24) is 24.5 Å². The van der Waals surface area contributed by atoms with Gasteiger partial charge in [-0.2, -0.15) is 10.2 Å². The van der Waals surface area contributed by atoms with Crippen LogP contribution in [0.2, 0.25) is 0 Å². The average Bonchev–Trinajstić information content (AvgIpc) is 3.85. The summed E-state index contributed by atoms with van der Waals surface area (Å²) in [6, 6.07) is 39.3. The lowest BCUT2D eigenvalue weighted by molar-refractivity contribution is -0.0573. The lowest BCUT2D eigenvalue weighted by atomic mass is 9.80. The number of rotatable bonds is 11. The summed E-state index contributed by atoms with van der Waals surface area (Å²) in [5.41, 5.74) is 12.4. The van der Waals surface area contributed by atoms with Crippen LogP contribution in [0.5, 0.6) is 0 Å². The molecule has 1 fully saturated rings. The van der Waals surface area contributed by atoms with Gasteiger partial charge in [-0.3, -0.25) is 4.68 Å². The molecule has 1 aliphatic rings. The van der Waals surface area contributed by atoms with Gasteiger partial charge in [0.15, 0.2) is 6.23 Å². The molecular formula is C41H40N6O3. The number of pyridine rings is 1. The summed E-state index contributed by atoms with van der Waals surface area (Å²) in [6.07, 6.45) is 6.57. The maximum absolute atomic E-state index is 7.06. The van der Waals surface area contributed by atoms with Crippen LogP contribution in [0, 0.1) is 0 Å². The Morgan fingerprint density at radius 1 is 0.860 bits per heavy atom. The van der Waals surface area contributed by atoms with E-state index in [9.17, 15) is 0 Å². The first-order chi connectivity index (χ1) is 24.6. The highest BCUT2D eigenvalue weighted by atomic mass is 16.5. The average molecular weight is 665 g/mol. The molecule has 0 amide bonds. The Kier molecular flexibility index (Phi) is 8.85. The zero-order valence-electron chi connectivity index (χ0n) is 28.1. The molecule has 0 aliphatic carbocycles. The van der Waals surface area contributed by atoms with Crippen LogP contribution < -0.4 is 5.73 Å². The molecule has 0 bridgehead atoms. The van der Waals surface area contributed by atoms with Gasteiger partial charge >= 0.3 is 0 Å². The molecule has 252 valence electrons. The standard InChI is InChI=1S/C41H40N6O3/c1-48-33(28-50-41(30-13-5-2-6-14-30,31-15-7-3-8-16-31)32-17-9-4-10-18-32)26-46-27-35-39(45-46)34-21-20-29(25-36(34)44-40(35)42)37-22-23-43-47(37)38-19-11-12-24-49-38/h2-10,13-18,20-23,25,27,33,38H,11-12,19,24,26,28H2,1H3,(H2,42,44)/t33-,38?/m1/s1. The third kappa shape index (κ3) is 5.94. The quantitative estimate of drug-likeness (QED) is 0.141. The molecule has 2 atom stereocenters. The number of nitrogen functional groups attached to an aromatic ring is 1. The van der Waals surface area contributed by atoms with E-state index in [1.807, 2.05) is 82.4 Å². The van der Waals surface area contributed by atoms with Gasteiger partial charge in [0.05, 0.1) is 29.7 Å². The molecule has 0 saturated carbocycles. The van der Waals surface area contributed by atoms with Crippen molar-refractivity contribution in [2.45, 2.75) is 43.7 Å². The zero-order chi connectivity index (χ0) is 33.9. The molecule has 1 unspecified atom stereocenters. The van der Waals surface area contributed by atoms with Gasteiger partial charge in [0.1, 0.15) is 23.0 Å². The van der Waals surface area contributed by atoms with Crippen molar-refractivity contribution in [3.63, 3.8) is 0 Å². The predicted molar refractivity (Wildman–Crippen MR) is 195 cm³/mol. The molecule has 50 heavy (non-hydrogen) atoms. The first-order valence-electron chi connectivity index (χ1n) is 17.2. The van der Waals surface area contributed by atoms with E-state index in [-0.39, 0.29) is 12.3 Å². The second-order valence-electron chi connectivity index (χ2n) is 12.8. The lowest BCUT2D eigenvalue weighted by Gasteiger charge is -2.37. The van der Waals surface area contributed by atoms with E-state index in [4.69, 9.17) is 30.0 Å². The molecular weight excluding hydrogens is 624 g/mol. The van der Waals surface area contributed by atoms with E-state index in [1.54, 1.807) is 7.11 Å². The van der Waals surface area contributed by atoms with Gasteiger partial charge in [-0.1, -0.05) is 97.1 Å². The molecule has 2 N–H and O–H groups in total. The summed E-state index contributed by atoms with van der Waals surface area (Å²) < 4.78 is 23.0. The van der Waals surface area contributed by atoms with Crippen molar-refractivity contribution in [1.29, 1.82) is 0 Å². The molecule has 8 rings (SSSR count). The van der Waals surface area contributed by atoms with E-state index >= 15 is 0 Å². The highest BCUT2D eigenvalue weighted by molar-refractivity contribution is 6.08. The number of methoxy groups -OCH3 is 1. The van der Waals surface area contributed by atoms with Crippen molar-refractivity contribution in [2.24, 2.45) is 0 Å². The van der Waals surface area contributed by atoms with Crippen LogP contribution in [0.15, 0.2) is 128 Å². The van der Waals surface area contributed by atoms with Gasteiger partial charge in [-0.25, -0.2) is 9.67 Å². The van der Waals surface area contributed by atoms with Crippen LogP contribution in [0.25, 0.3) is 33.1 Å². The maximum Gasteiger partial charge on any atom is 0.150 e. The Bertz CT molecular complexity index is 2100. The third-order valence-electron chi connectivity index (χ3n) is 9.68. The SMILES string of the molecule is CO[C@@H](COC(c1ccccc1)(c1ccccc1)c1ccccc1)Cn1cc2c(N)nc3cc(-c4ccnn4C4CCCCO4)ccc3c2n1. The minimum absolute atomic E-state index is 0.0587. The number of ether oxygens (including phenoxy) is 3. The smallest absolute Gasteiger partial charge is 0.150 e. The second-order valence-corrected chi connectivity index (χ2v) is 12.8. The number of nitrogens with two attached hydrogens (primary N) is 1. The first kappa shape index (κ1) is 31.9. The van der Waals surface area contributed by atoms with Gasteiger partial charge in [-0.15, -0.1) is 0 Å². The molecule has 1 saturated heterocycles. The second kappa shape index (κ2) is 13.9. The predicted octanol–water partition coefficient (Wildman–Crippen LogP) is 7.75. The Morgan fingerprint density at radius 2 is 1.54 bits per heavy atom. The number of nitrogens with zero attached hydrogens (tertiary/aromatic N) is 5. The first-order valence-corrected chi connectivity index (χ1v) is 17.2. The molecule has 4 aromatic carbocycles. The van der Waals surface area contributed by atoms with E-state index in [1.165, 1.54) is 0 Å². The van der Waals surface area contributed by atoms with Gasteiger partial charge in [0, 0.05) is 37.1 Å². The fourth-order valence-corrected chi connectivity index (χ4v) is 7.15. The Balaban J connectivity index is 1.10. The van der Waals surface area contributed by atoms with E-state index < -0.39 is 5.60 Å². The normalized spacial score (nSPS) is 15.8. The van der Waals surface area contributed by atoms with Crippen molar-refractivity contribution in [3.8, 4) is 11.3 Å². The number of anilines is 1. The van der Waals surface area contributed by atoms with Crippen LogP contribution in [-0.4, -0.2) is 51.0 Å². The van der Waals surface area contributed by atoms with Crippen LogP contribution >= 0.6 is 0 Å². The highest BCUT2D eigenvalue weighted by Crippen LogP contribution is 2.41. The van der Waals surface area contributed by atoms with Crippen molar-refractivity contribution in [3.05, 3.63) is 144 Å². The summed E-state index contributed by atoms with van der Waals surface area (Å²) in [7, 11) is 1.71. The molecule has 9 nitrogen and oxygen atoms in total. The Labute approximate surface area is 291 Å². The number of hydrogen-bond acceptors (Lipinski definition) is 7. The molecule has 0 radical (unpaired) electrons. The number of aromatic nitrogens is 5. The van der Waals surface area contributed by atoms with E-state index in [0.29, 0.717) is 19.0 Å². The maximum atomic E-state index is 7.06. The van der Waals surface area contributed by atoms with Gasteiger partial charge in [0.25, 0.3) is 0 Å². The third-order valence-corrected chi connectivity index (χ3v) is 9.68. The minimum Gasteiger partial charge on any atom is -0.383 e. The molecule has 3 aromatic heterocycles. The van der Waals surface area contributed by atoms with Crippen molar-refractivity contribution >= 4 is 27.6 Å². The number of benzene rings is 4. The van der Waals surface area contributed by atoms with Crippen molar-refractivity contribution < 1.29 is 14.2 Å². The molecule has 7 aromatic rings. The molecule has 0 spiro atoms. The zero-order valence-corrected chi connectivity index (χ0v) is 28.1. The minimum atomic E-state index is -0.851. The van der Waals surface area contributed by atoms with Crippen LogP contribution in [-0.2, 0) is 26.4 Å². The van der Waals surface area contributed by atoms with Crippen LogP contribution in [0.1, 0.15) is 42.2 Å². The monoisotopic (exact) mass is 664 g/mol. The van der Waals surface area contributed by atoms with Gasteiger partial charge < -0.3 is 19.9 Å². The molecule has 9 heteroatoms. The summed E-state index contributed by atoms with van der Waals surface area (Å²) in [5, 5.41) is 11.3. The van der Waals surface area contributed by atoms with E-state index in [0.717, 1.165) is 75.6 Å². The molecule has 1 aliphatic heterocycles. The number of fused-ring (bicyclic) bond motifs is 3. The van der Waals surface area contributed by atoms with E-state index in [2.05, 4.69) is 59.7 Å². The topological polar surface area (TPSA) is 102 Å². The van der Waals surface area contributed by atoms with Gasteiger partial charge in [0.2, 0.25) is 0 Å². The fraction of sp³-hybridized carbons (Fsp3) is 0.244. The summed E-state index contributed by atoms with van der Waals surface area (Å²) >= 11 is 0. The summed E-state index contributed by atoms with van der Waals surface area (Å²) in [5.74, 6) is 0.432. The molecule has 4 heterocycles. The summed E-state index contributed by atoms with van der Waals surface area (Å²) in [4.78, 5) is 4.81.